The second-order valence-electron chi connectivity index (χ2n) is 7.51. The quantitative estimate of drug-likeness (QED) is 0.603. The highest BCUT2D eigenvalue weighted by molar-refractivity contribution is 6.38. The van der Waals surface area contributed by atoms with E-state index in [1.165, 1.54) is 23.0 Å². The number of benzene rings is 2. The predicted molar refractivity (Wildman–Crippen MR) is 121 cm³/mol. The monoisotopic (exact) mass is 458 g/mol. The van der Waals surface area contributed by atoms with Gasteiger partial charge in [0, 0.05) is 11.1 Å². The molecule has 1 aromatic heterocycles. The highest BCUT2D eigenvalue weighted by Gasteiger charge is 2.20. The number of rotatable bonds is 5. The van der Waals surface area contributed by atoms with Crippen molar-refractivity contribution in [1.29, 1.82) is 0 Å². The summed E-state index contributed by atoms with van der Waals surface area (Å²) in [4.78, 5) is 42.2. The SMILES string of the molecule is O=C(Cn1cnc2c(Cl)cc(Cl)cc2c1=O)Nc1ccccc1C(=O)NC1CCCC1. The van der Waals surface area contributed by atoms with E-state index in [2.05, 4.69) is 15.6 Å². The number of nitrogens with zero attached hydrogens (tertiary/aromatic N) is 2. The normalized spacial score (nSPS) is 14.0. The first-order chi connectivity index (χ1) is 14.9. The summed E-state index contributed by atoms with van der Waals surface area (Å²) in [6.45, 7) is -0.273. The average Bonchev–Trinajstić information content (AvgIpc) is 3.24. The van der Waals surface area contributed by atoms with Crippen molar-refractivity contribution in [2.45, 2.75) is 38.3 Å². The third-order valence-electron chi connectivity index (χ3n) is 5.30. The Morgan fingerprint density at radius 3 is 2.65 bits per heavy atom. The van der Waals surface area contributed by atoms with Gasteiger partial charge in [-0.05, 0) is 37.1 Å². The first kappa shape index (κ1) is 21.3. The second-order valence-corrected chi connectivity index (χ2v) is 8.35. The molecule has 1 saturated carbocycles. The summed E-state index contributed by atoms with van der Waals surface area (Å²) in [7, 11) is 0. The number of hydrogen-bond donors (Lipinski definition) is 2. The minimum Gasteiger partial charge on any atom is -0.349 e. The minimum absolute atomic E-state index is 0.164. The number of anilines is 1. The number of nitrogens with one attached hydrogen (secondary N) is 2. The zero-order valence-electron chi connectivity index (χ0n) is 16.5. The summed E-state index contributed by atoms with van der Waals surface area (Å²) in [5, 5.41) is 6.54. The molecule has 2 amide bonds. The van der Waals surface area contributed by atoms with E-state index in [0.29, 0.717) is 21.8 Å². The van der Waals surface area contributed by atoms with E-state index in [-0.39, 0.29) is 28.9 Å². The van der Waals surface area contributed by atoms with Crippen molar-refractivity contribution in [2.75, 3.05) is 5.32 Å². The lowest BCUT2D eigenvalue weighted by molar-refractivity contribution is -0.116. The molecule has 7 nitrogen and oxygen atoms in total. The van der Waals surface area contributed by atoms with Crippen molar-refractivity contribution in [1.82, 2.24) is 14.9 Å². The van der Waals surface area contributed by atoms with Crippen molar-refractivity contribution >= 4 is 51.6 Å². The molecular weight excluding hydrogens is 439 g/mol. The molecule has 4 rings (SSSR count). The molecule has 0 atom stereocenters. The molecule has 0 unspecified atom stereocenters. The number of hydrogen-bond acceptors (Lipinski definition) is 4. The van der Waals surface area contributed by atoms with E-state index in [0.717, 1.165) is 25.7 Å². The van der Waals surface area contributed by atoms with Crippen LogP contribution in [0.3, 0.4) is 0 Å². The largest absolute Gasteiger partial charge is 0.349 e. The van der Waals surface area contributed by atoms with E-state index in [9.17, 15) is 14.4 Å². The lowest BCUT2D eigenvalue weighted by Gasteiger charge is -2.15. The lowest BCUT2D eigenvalue weighted by atomic mass is 10.1. The highest BCUT2D eigenvalue weighted by Crippen LogP contribution is 2.24. The molecule has 160 valence electrons. The Morgan fingerprint density at radius 1 is 1.13 bits per heavy atom. The van der Waals surface area contributed by atoms with E-state index in [1.807, 2.05) is 0 Å². The van der Waals surface area contributed by atoms with Crippen LogP contribution >= 0.6 is 23.2 Å². The fourth-order valence-corrected chi connectivity index (χ4v) is 4.32. The van der Waals surface area contributed by atoms with Crippen LogP contribution < -0.4 is 16.2 Å². The van der Waals surface area contributed by atoms with Gasteiger partial charge in [0.15, 0.2) is 0 Å². The summed E-state index contributed by atoms with van der Waals surface area (Å²) >= 11 is 12.1. The zero-order chi connectivity index (χ0) is 22.0. The molecule has 0 aliphatic heterocycles. The van der Waals surface area contributed by atoms with Gasteiger partial charge in [-0.1, -0.05) is 48.2 Å². The van der Waals surface area contributed by atoms with Gasteiger partial charge in [0.1, 0.15) is 6.54 Å². The van der Waals surface area contributed by atoms with Crippen LogP contribution in [0.2, 0.25) is 10.0 Å². The molecule has 3 aromatic rings. The maximum absolute atomic E-state index is 12.8. The molecule has 1 fully saturated rings. The molecule has 0 bridgehead atoms. The summed E-state index contributed by atoms with van der Waals surface area (Å²) in [5.41, 5.74) is 0.652. The van der Waals surface area contributed by atoms with Gasteiger partial charge in [-0.2, -0.15) is 0 Å². The van der Waals surface area contributed by atoms with Crippen LogP contribution in [0.25, 0.3) is 10.9 Å². The van der Waals surface area contributed by atoms with Crippen molar-refractivity contribution in [3.05, 3.63) is 68.7 Å². The summed E-state index contributed by atoms with van der Waals surface area (Å²) in [6.07, 6.45) is 5.41. The Balaban J connectivity index is 1.53. The van der Waals surface area contributed by atoms with Gasteiger partial charge >= 0.3 is 0 Å². The summed E-state index contributed by atoms with van der Waals surface area (Å²) < 4.78 is 1.17. The molecule has 0 radical (unpaired) electrons. The smallest absolute Gasteiger partial charge is 0.261 e. The maximum Gasteiger partial charge on any atom is 0.261 e. The highest BCUT2D eigenvalue weighted by atomic mass is 35.5. The zero-order valence-corrected chi connectivity index (χ0v) is 18.0. The summed E-state index contributed by atoms with van der Waals surface area (Å²) in [6, 6.07) is 9.92. The van der Waals surface area contributed by atoms with E-state index >= 15 is 0 Å². The van der Waals surface area contributed by atoms with Gasteiger partial charge in [-0.3, -0.25) is 19.0 Å². The topological polar surface area (TPSA) is 93.1 Å². The Morgan fingerprint density at radius 2 is 1.87 bits per heavy atom. The molecule has 1 aliphatic rings. The number of para-hydroxylation sites is 1. The van der Waals surface area contributed by atoms with Crippen molar-refractivity contribution in [3.8, 4) is 0 Å². The third kappa shape index (κ3) is 4.73. The lowest BCUT2D eigenvalue weighted by Crippen LogP contribution is -2.33. The first-order valence-corrected chi connectivity index (χ1v) is 10.7. The van der Waals surface area contributed by atoms with Gasteiger partial charge in [-0.15, -0.1) is 0 Å². The van der Waals surface area contributed by atoms with Gasteiger partial charge < -0.3 is 10.6 Å². The number of carbonyl (C=O) groups is 2. The number of aromatic nitrogens is 2. The molecule has 31 heavy (non-hydrogen) atoms. The van der Waals surface area contributed by atoms with Gasteiger partial charge in [0.2, 0.25) is 5.91 Å². The molecule has 0 spiro atoms. The molecule has 1 aliphatic carbocycles. The number of amides is 2. The summed E-state index contributed by atoms with van der Waals surface area (Å²) in [5.74, 6) is -0.686. The molecule has 9 heteroatoms. The minimum atomic E-state index is -0.461. The van der Waals surface area contributed by atoms with Gasteiger partial charge in [0.05, 0.1) is 33.5 Å². The van der Waals surface area contributed by atoms with E-state index in [4.69, 9.17) is 23.2 Å². The fourth-order valence-electron chi connectivity index (χ4n) is 3.78. The molecular formula is C22H20Cl2N4O3. The van der Waals surface area contributed by atoms with Crippen LogP contribution in [0.1, 0.15) is 36.0 Å². The third-order valence-corrected chi connectivity index (χ3v) is 5.80. The standard InChI is InChI=1S/C22H20Cl2N4O3/c23-13-9-16-20(17(24)10-13)25-12-28(22(16)31)11-19(29)27-18-8-4-3-7-15(18)21(30)26-14-5-1-2-6-14/h3-4,7-10,12,14H,1-2,5-6,11H2,(H,26,30)(H,27,29). The average molecular weight is 459 g/mol. The molecule has 0 saturated heterocycles. The fraction of sp³-hybridized carbons (Fsp3) is 0.273. The van der Waals surface area contributed by atoms with Crippen molar-refractivity contribution in [3.63, 3.8) is 0 Å². The maximum atomic E-state index is 12.8. The van der Waals surface area contributed by atoms with Crippen LogP contribution in [0.4, 0.5) is 5.69 Å². The van der Waals surface area contributed by atoms with Gasteiger partial charge in [-0.25, -0.2) is 4.98 Å². The van der Waals surface area contributed by atoms with Crippen molar-refractivity contribution in [2.24, 2.45) is 0 Å². The Kier molecular flexibility index (Phi) is 6.25. The first-order valence-electron chi connectivity index (χ1n) is 9.96. The number of fused-ring (bicyclic) bond motifs is 1. The van der Waals surface area contributed by atoms with Crippen LogP contribution in [0, 0.1) is 0 Å². The van der Waals surface area contributed by atoms with Crippen molar-refractivity contribution < 1.29 is 9.59 Å². The van der Waals surface area contributed by atoms with Crippen LogP contribution in [-0.4, -0.2) is 27.4 Å². The molecule has 2 N–H and O–H groups in total. The van der Waals surface area contributed by atoms with Crippen LogP contribution in [0.5, 0.6) is 0 Å². The van der Waals surface area contributed by atoms with Crippen LogP contribution in [0.15, 0.2) is 47.5 Å². The Hall–Kier alpha value is -2.90. The second kappa shape index (κ2) is 9.08. The van der Waals surface area contributed by atoms with Gasteiger partial charge in [0.25, 0.3) is 11.5 Å². The van der Waals surface area contributed by atoms with Crippen LogP contribution in [-0.2, 0) is 11.3 Å². The molecule has 2 aromatic carbocycles. The number of halogens is 2. The molecule has 1 heterocycles. The van der Waals surface area contributed by atoms with E-state index in [1.54, 1.807) is 24.3 Å². The Bertz CT molecular complexity index is 1220. The Labute approximate surface area is 188 Å². The number of carbonyl (C=O) groups excluding carboxylic acids is 2. The predicted octanol–water partition coefficient (Wildman–Crippen LogP) is 4.01. The van der Waals surface area contributed by atoms with E-state index < -0.39 is 11.5 Å².